The van der Waals surface area contributed by atoms with E-state index in [0.717, 1.165) is 23.4 Å². The number of amides is 1. The van der Waals surface area contributed by atoms with Crippen molar-refractivity contribution in [3.63, 3.8) is 0 Å². The fraction of sp³-hybridized carbons (Fsp3) is 0.417. The Morgan fingerprint density at radius 1 is 1.06 bits per heavy atom. The monoisotopic (exact) mass is 552 g/mol. The van der Waals surface area contributed by atoms with Gasteiger partial charge in [0.25, 0.3) is 0 Å². The number of rotatable bonds is 5. The maximum absolute atomic E-state index is 12.3. The van der Waals surface area contributed by atoms with Crippen molar-refractivity contribution in [1.82, 2.24) is 10.6 Å². The molecule has 2 aromatic rings. The number of aryl methyl sites for hydroxylation is 1. The van der Waals surface area contributed by atoms with Crippen LogP contribution in [0.15, 0.2) is 47.5 Å². The summed E-state index contributed by atoms with van der Waals surface area (Å²) in [4.78, 5) is 17.0. The van der Waals surface area contributed by atoms with Crippen molar-refractivity contribution in [1.29, 1.82) is 0 Å². The van der Waals surface area contributed by atoms with Gasteiger partial charge in [0.15, 0.2) is 17.5 Å². The largest absolute Gasteiger partial charge is 0.490 e. The fourth-order valence-electron chi connectivity index (χ4n) is 3.10. The standard InChI is InChI=1S/C24H32N4O3.HI/c1-17-8-5-6-9-18(17)15-25-23(26-16-22(29)28-24(2,3)4)27-19-10-11-20-21(14-19)31-13-7-12-30-20;/h5-6,8-11,14H,7,12-13,15-16H2,1-4H3,(H,28,29)(H2,25,26,27);1H. The lowest BCUT2D eigenvalue weighted by atomic mass is 10.1. The molecule has 7 nitrogen and oxygen atoms in total. The molecule has 0 fully saturated rings. The molecule has 0 aliphatic carbocycles. The van der Waals surface area contributed by atoms with Gasteiger partial charge in [0.05, 0.1) is 26.3 Å². The van der Waals surface area contributed by atoms with Gasteiger partial charge in [-0.25, -0.2) is 4.99 Å². The zero-order chi connectivity index (χ0) is 22.3. The number of carbonyl (C=O) groups excluding carboxylic acids is 1. The molecule has 0 saturated heterocycles. The molecular formula is C24H33IN4O3. The molecule has 0 unspecified atom stereocenters. The summed E-state index contributed by atoms with van der Waals surface area (Å²) in [5.74, 6) is 1.85. The number of halogens is 1. The summed E-state index contributed by atoms with van der Waals surface area (Å²) in [6.45, 7) is 9.79. The summed E-state index contributed by atoms with van der Waals surface area (Å²) in [7, 11) is 0. The van der Waals surface area contributed by atoms with Crippen molar-refractivity contribution in [2.45, 2.75) is 46.2 Å². The second-order valence-electron chi connectivity index (χ2n) is 8.58. The van der Waals surface area contributed by atoms with E-state index in [2.05, 4.69) is 35.0 Å². The minimum Gasteiger partial charge on any atom is -0.490 e. The van der Waals surface area contributed by atoms with Crippen molar-refractivity contribution >= 4 is 41.5 Å². The van der Waals surface area contributed by atoms with Crippen LogP contribution >= 0.6 is 24.0 Å². The molecule has 0 bridgehead atoms. The topological polar surface area (TPSA) is 84.0 Å². The second kappa shape index (κ2) is 11.9. The van der Waals surface area contributed by atoms with E-state index in [4.69, 9.17) is 14.5 Å². The number of carbonyl (C=O) groups is 1. The number of fused-ring (bicyclic) bond motifs is 1. The lowest BCUT2D eigenvalue weighted by molar-refractivity contribution is -0.121. The molecule has 0 aromatic heterocycles. The average molecular weight is 552 g/mol. The van der Waals surface area contributed by atoms with Crippen LogP contribution in [0.3, 0.4) is 0 Å². The maximum Gasteiger partial charge on any atom is 0.239 e. The van der Waals surface area contributed by atoms with Gasteiger partial charge in [-0.15, -0.1) is 24.0 Å². The maximum atomic E-state index is 12.3. The molecule has 1 aliphatic rings. The molecule has 3 N–H and O–H groups in total. The van der Waals surface area contributed by atoms with Gasteiger partial charge in [-0.1, -0.05) is 24.3 Å². The first-order chi connectivity index (χ1) is 14.8. The summed E-state index contributed by atoms with van der Waals surface area (Å²) in [5, 5.41) is 9.36. The molecule has 0 spiro atoms. The summed E-state index contributed by atoms with van der Waals surface area (Å²) in [6, 6.07) is 13.8. The van der Waals surface area contributed by atoms with Crippen LogP contribution in [0.2, 0.25) is 0 Å². The number of guanidine groups is 1. The van der Waals surface area contributed by atoms with Crippen molar-refractivity contribution in [2.24, 2.45) is 4.99 Å². The molecule has 2 aromatic carbocycles. The van der Waals surface area contributed by atoms with Gasteiger partial charge in [0.1, 0.15) is 0 Å². The predicted molar refractivity (Wildman–Crippen MR) is 139 cm³/mol. The Kier molecular flexibility index (Phi) is 9.61. The molecule has 8 heteroatoms. The number of ether oxygens (including phenoxy) is 2. The third-order valence-electron chi connectivity index (χ3n) is 4.61. The first-order valence-corrected chi connectivity index (χ1v) is 10.6. The van der Waals surface area contributed by atoms with Crippen LogP contribution in [0.25, 0.3) is 0 Å². The SMILES string of the molecule is Cc1ccccc1CN=C(NCC(=O)NC(C)(C)C)Nc1ccc2c(c1)OCCCO2.I. The highest BCUT2D eigenvalue weighted by Gasteiger charge is 2.15. The predicted octanol–water partition coefficient (Wildman–Crippen LogP) is 4.25. The molecule has 1 amide bonds. The van der Waals surface area contributed by atoms with Crippen molar-refractivity contribution in [2.75, 3.05) is 25.1 Å². The molecule has 1 aliphatic heterocycles. The Morgan fingerprint density at radius 3 is 2.50 bits per heavy atom. The summed E-state index contributed by atoms with van der Waals surface area (Å²) >= 11 is 0. The van der Waals surface area contributed by atoms with E-state index in [9.17, 15) is 4.79 Å². The van der Waals surface area contributed by atoms with Gasteiger partial charge in [0, 0.05) is 23.7 Å². The zero-order valence-corrected chi connectivity index (χ0v) is 21.5. The van der Waals surface area contributed by atoms with Gasteiger partial charge in [-0.2, -0.15) is 0 Å². The van der Waals surface area contributed by atoms with E-state index < -0.39 is 0 Å². The Bertz CT molecular complexity index is 941. The van der Waals surface area contributed by atoms with Crippen LogP contribution in [0.4, 0.5) is 5.69 Å². The lowest BCUT2D eigenvalue weighted by Gasteiger charge is -2.21. The van der Waals surface area contributed by atoms with E-state index in [-0.39, 0.29) is 42.0 Å². The fourth-order valence-corrected chi connectivity index (χ4v) is 3.10. The second-order valence-corrected chi connectivity index (χ2v) is 8.58. The Morgan fingerprint density at radius 2 is 1.78 bits per heavy atom. The number of benzene rings is 2. The number of nitrogens with zero attached hydrogens (tertiary/aromatic N) is 1. The molecule has 0 saturated carbocycles. The molecule has 0 atom stereocenters. The zero-order valence-electron chi connectivity index (χ0n) is 19.2. The Balaban J connectivity index is 0.00000363. The van der Waals surface area contributed by atoms with Crippen LogP contribution in [0.5, 0.6) is 11.5 Å². The first-order valence-electron chi connectivity index (χ1n) is 10.6. The highest BCUT2D eigenvalue weighted by atomic mass is 127. The molecule has 32 heavy (non-hydrogen) atoms. The molecule has 0 radical (unpaired) electrons. The van der Waals surface area contributed by atoms with Gasteiger partial charge >= 0.3 is 0 Å². The van der Waals surface area contributed by atoms with Crippen molar-refractivity contribution in [3.05, 3.63) is 53.6 Å². The molecule has 1 heterocycles. The number of hydrogen-bond acceptors (Lipinski definition) is 4. The minimum absolute atomic E-state index is 0. The van der Waals surface area contributed by atoms with Crippen molar-refractivity contribution in [3.8, 4) is 11.5 Å². The number of nitrogens with one attached hydrogen (secondary N) is 3. The van der Waals surface area contributed by atoms with Crippen molar-refractivity contribution < 1.29 is 14.3 Å². The summed E-state index contributed by atoms with van der Waals surface area (Å²) in [6.07, 6.45) is 0.852. The van der Waals surface area contributed by atoms with E-state index in [1.165, 1.54) is 5.56 Å². The first kappa shape index (κ1) is 25.8. The minimum atomic E-state index is -0.293. The van der Waals surface area contributed by atoms with Crippen LogP contribution < -0.4 is 25.4 Å². The Hall–Kier alpha value is -2.49. The Labute approximate surface area is 207 Å². The van der Waals surface area contributed by atoms with Crippen LogP contribution in [-0.2, 0) is 11.3 Å². The lowest BCUT2D eigenvalue weighted by Crippen LogP contribution is -2.46. The van der Waals surface area contributed by atoms with Crippen LogP contribution in [-0.4, -0.2) is 37.2 Å². The molecular weight excluding hydrogens is 519 g/mol. The number of aliphatic imine (C=N–C) groups is 1. The van der Waals surface area contributed by atoms with Gasteiger partial charge < -0.3 is 25.4 Å². The van der Waals surface area contributed by atoms with E-state index in [1.54, 1.807) is 0 Å². The summed E-state index contributed by atoms with van der Waals surface area (Å²) in [5.41, 5.74) is 2.81. The highest BCUT2D eigenvalue weighted by Crippen LogP contribution is 2.32. The van der Waals surface area contributed by atoms with Gasteiger partial charge in [-0.3, -0.25) is 4.79 Å². The van der Waals surface area contributed by atoms with E-state index in [0.29, 0.717) is 31.5 Å². The average Bonchev–Trinajstić information content (AvgIpc) is 2.95. The molecule has 174 valence electrons. The summed E-state index contributed by atoms with van der Waals surface area (Å²) < 4.78 is 11.5. The smallest absolute Gasteiger partial charge is 0.239 e. The molecule has 3 rings (SSSR count). The van der Waals surface area contributed by atoms with Crippen LogP contribution in [0, 0.1) is 6.92 Å². The number of hydrogen-bond donors (Lipinski definition) is 3. The van der Waals surface area contributed by atoms with Gasteiger partial charge in [0.2, 0.25) is 5.91 Å². The quantitative estimate of drug-likeness (QED) is 0.294. The van der Waals surface area contributed by atoms with E-state index >= 15 is 0 Å². The normalized spacial score (nSPS) is 13.4. The highest BCUT2D eigenvalue weighted by molar-refractivity contribution is 14.0. The van der Waals surface area contributed by atoms with Gasteiger partial charge in [-0.05, 0) is 51.0 Å². The third kappa shape index (κ3) is 8.22. The number of anilines is 1. The third-order valence-corrected chi connectivity index (χ3v) is 4.61. The van der Waals surface area contributed by atoms with E-state index in [1.807, 2.05) is 51.1 Å². The van der Waals surface area contributed by atoms with Crippen LogP contribution in [0.1, 0.15) is 38.3 Å².